The van der Waals surface area contributed by atoms with Crippen LogP contribution in [-0.2, 0) is 4.79 Å². The van der Waals surface area contributed by atoms with E-state index >= 15 is 0 Å². The number of hydrogen-bond acceptors (Lipinski definition) is 5. The van der Waals surface area contributed by atoms with Crippen LogP contribution in [0.3, 0.4) is 0 Å². The molecule has 146 valence electrons. The van der Waals surface area contributed by atoms with Gasteiger partial charge in [0.1, 0.15) is 5.82 Å². The van der Waals surface area contributed by atoms with Gasteiger partial charge in [0.25, 0.3) is 0 Å². The second-order valence-electron chi connectivity index (χ2n) is 6.23. The zero-order valence-electron chi connectivity index (χ0n) is 15.3. The summed E-state index contributed by atoms with van der Waals surface area (Å²) in [7, 11) is 0. The van der Waals surface area contributed by atoms with Crippen LogP contribution in [0.25, 0.3) is 16.5 Å². The van der Waals surface area contributed by atoms with Crippen LogP contribution in [0.4, 0.5) is 10.1 Å². The standard InChI is InChI=1S/C20H15ClFN5OS/c1-12-24-25-26-27(12)14-8-9-16(22)17(10-14)23-19(28)11-29-18-7-3-5-13-4-2-6-15(21)20(13)18/h2-10H,11H2,1H3,(H,23,28). The summed E-state index contributed by atoms with van der Waals surface area (Å²) in [5.41, 5.74) is 0.622. The van der Waals surface area contributed by atoms with Gasteiger partial charge < -0.3 is 5.32 Å². The molecular formula is C20H15ClFN5OS. The van der Waals surface area contributed by atoms with Crippen LogP contribution >= 0.6 is 23.4 Å². The fraction of sp³-hybridized carbons (Fsp3) is 0.100. The van der Waals surface area contributed by atoms with Gasteiger partial charge in [0.15, 0.2) is 5.82 Å². The summed E-state index contributed by atoms with van der Waals surface area (Å²) in [6.07, 6.45) is 0. The number of thioether (sulfide) groups is 1. The van der Waals surface area contributed by atoms with Crippen molar-refractivity contribution in [3.05, 3.63) is 71.3 Å². The highest BCUT2D eigenvalue weighted by Crippen LogP contribution is 2.33. The minimum Gasteiger partial charge on any atom is -0.323 e. The van der Waals surface area contributed by atoms with E-state index in [2.05, 4.69) is 20.8 Å². The minimum absolute atomic E-state index is 0.0685. The van der Waals surface area contributed by atoms with E-state index in [1.807, 2.05) is 36.4 Å². The number of aryl methyl sites for hydroxylation is 1. The van der Waals surface area contributed by atoms with Gasteiger partial charge >= 0.3 is 0 Å². The normalized spacial score (nSPS) is 11.0. The third-order valence-electron chi connectivity index (χ3n) is 4.27. The Morgan fingerprint density at radius 3 is 2.76 bits per heavy atom. The van der Waals surface area contributed by atoms with Crippen LogP contribution in [0.2, 0.25) is 5.02 Å². The predicted octanol–water partition coefficient (Wildman–Crippen LogP) is 4.65. The van der Waals surface area contributed by atoms with Gasteiger partial charge in [0.2, 0.25) is 5.91 Å². The lowest BCUT2D eigenvalue weighted by Gasteiger charge is -2.10. The fourth-order valence-corrected chi connectivity index (χ4v) is 4.17. The number of fused-ring (bicyclic) bond motifs is 1. The molecule has 0 bridgehead atoms. The molecule has 4 aromatic rings. The van der Waals surface area contributed by atoms with Gasteiger partial charge in [0, 0.05) is 15.3 Å². The summed E-state index contributed by atoms with van der Waals surface area (Å²) in [5, 5.41) is 16.4. The molecule has 3 aromatic carbocycles. The van der Waals surface area contributed by atoms with Gasteiger partial charge in [-0.1, -0.05) is 35.9 Å². The van der Waals surface area contributed by atoms with Crippen LogP contribution < -0.4 is 5.32 Å². The Kier molecular flexibility index (Phi) is 5.46. The minimum atomic E-state index is -0.536. The monoisotopic (exact) mass is 427 g/mol. The van der Waals surface area contributed by atoms with Crippen molar-refractivity contribution in [1.82, 2.24) is 20.2 Å². The van der Waals surface area contributed by atoms with E-state index < -0.39 is 5.82 Å². The Balaban J connectivity index is 1.51. The number of amides is 1. The van der Waals surface area contributed by atoms with Crippen LogP contribution in [0, 0.1) is 12.7 Å². The van der Waals surface area contributed by atoms with Crippen molar-refractivity contribution in [2.75, 3.05) is 11.1 Å². The van der Waals surface area contributed by atoms with E-state index in [1.54, 1.807) is 13.0 Å². The second kappa shape index (κ2) is 8.18. The summed E-state index contributed by atoms with van der Waals surface area (Å²) >= 11 is 7.67. The first-order valence-corrected chi connectivity index (χ1v) is 10.0. The molecule has 6 nitrogen and oxygen atoms in total. The number of nitrogens with one attached hydrogen (secondary N) is 1. The van der Waals surface area contributed by atoms with E-state index in [-0.39, 0.29) is 17.3 Å². The largest absolute Gasteiger partial charge is 0.323 e. The Labute approximate surface area is 175 Å². The van der Waals surface area contributed by atoms with Crippen molar-refractivity contribution in [3.8, 4) is 5.69 Å². The third-order valence-corrected chi connectivity index (χ3v) is 5.64. The first kappa shape index (κ1) is 19.4. The molecule has 0 atom stereocenters. The molecule has 0 unspecified atom stereocenters. The molecule has 4 rings (SSSR count). The SMILES string of the molecule is Cc1nnnn1-c1ccc(F)c(NC(=O)CSc2cccc3cccc(Cl)c23)c1. The Hall–Kier alpha value is -2.97. The van der Waals surface area contributed by atoms with Crippen LogP contribution in [0.15, 0.2) is 59.5 Å². The quantitative estimate of drug-likeness (QED) is 0.469. The highest BCUT2D eigenvalue weighted by molar-refractivity contribution is 8.00. The van der Waals surface area contributed by atoms with Crippen molar-refractivity contribution < 1.29 is 9.18 Å². The fourth-order valence-electron chi connectivity index (χ4n) is 2.92. The van der Waals surface area contributed by atoms with Crippen molar-refractivity contribution in [2.45, 2.75) is 11.8 Å². The van der Waals surface area contributed by atoms with E-state index in [0.717, 1.165) is 15.7 Å². The van der Waals surface area contributed by atoms with E-state index in [4.69, 9.17) is 11.6 Å². The first-order valence-electron chi connectivity index (χ1n) is 8.68. The highest BCUT2D eigenvalue weighted by atomic mass is 35.5. The van der Waals surface area contributed by atoms with Gasteiger partial charge in [-0.25, -0.2) is 4.39 Å². The van der Waals surface area contributed by atoms with Crippen molar-refractivity contribution >= 4 is 45.7 Å². The number of carbonyl (C=O) groups is 1. The summed E-state index contributed by atoms with van der Waals surface area (Å²) < 4.78 is 15.7. The zero-order chi connectivity index (χ0) is 20.4. The summed E-state index contributed by atoms with van der Waals surface area (Å²) in [6, 6.07) is 15.8. The van der Waals surface area contributed by atoms with Crippen molar-refractivity contribution in [1.29, 1.82) is 0 Å². The zero-order valence-corrected chi connectivity index (χ0v) is 16.8. The maximum absolute atomic E-state index is 14.2. The van der Waals surface area contributed by atoms with E-state index in [0.29, 0.717) is 16.5 Å². The molecular weight excluding hydrogens is 413 g/mol. The molecule has 0 fully saturated rings. The number of tetrazole rings is 1. The number of nitrogens with zero attached hydrogens (tertiary/aromatic N) is 4. The smallest absolute Gasteiger partial charge is 0.234 e. The van der Waals surface area contributed by atoms with E-state index in [9.17, 15) is 9.18 Å². The molecule has 1 heterocycles. The molecule has 0 saturated heterocycles. The first-order chi connectivity index (χ1) is 14.0. The number of carbonyl (C=O) groups excluding carboxylic acids is 1. The molecule has 1 aromatic heterocycles. The van der Waals surface area contributed by atoms with Crippen molar-refractivity contribution in [2.24, 2.45) is 0 Å². The molecule has 0 radical (unpaired) electrons. The second-order valence-corrected chi connectivity index (χ2v) is 7.66. The topological polar surface area (TPSA) is 72.7 Å². The molecule has 0 aliphatic rings. The molecule has 1 N–H and O–H groups in total. The molecule has 9 heteroatoms. The molecule has 29 heavy (non-hydrogen) atoms. The molecule has 0 aliphatic heterocycles. The Bertz CT molecular complexity index is 1210. The summed E-state index contributed by atoms with van der Waals surface area (Å²) in [5.74, 6) is -0.204. The van der Waals surface area contributed by atoms with Crippen LogP contribution in [0.1, 0.15) is 5.82 Å². The maximum atomic E-state index is 14.2. The van der Waals surface area contributed by atoms with E-state index in [1.165, 1.54) is 28.6 Å². The number of rotatable bonds is 5. The average molecular weight is 428 g/mol. The molecule has 1 amide bonds. The van der Waals surface area contributed by atoms with Gasteiger partial charge in [-0.05, 0) is 53.1 Å². The summed E-state index contributed by atoms with van der Waals surface area (Å²) in [4.78, 5) is 13.3. The lowest BCUT2D eigenvalue weighted by molar-refractivity contribution is -0.113. The van der Waals surface area contributed by atoms with Crippen LogP contribution in [-0.4, -0.2) is 31.9 Å². The predicted molar refractivity (Wildman–Crippen MR) is 112 cm³/mol. The maximum Gasteiger partial charge on any atom is 0.234 e. The lowest BCUT2D eigenvalue weighted by Crippen LogP contribution is -2.15. The van der Waals surface area contributed by atoms with Crippen molar-refractivity contribution in [3.63, 3.8) is 0 Å². The molecule has 0 spiro atoms. The number of hydrogen-bond donors (Lipinski definition) is 1. The summed E-state index contributed by atoms with van der Waals surface area (Å²) in [6.45, 7) is 1.73. The molecule has 0 aliphatic carbocycles. The number of halogens is 2. The van der Waals surface area contributed by atoms with Gasteiger partial charge in [-0.2, -0.15) is 4.68 Å². The number of anilines is 1. The van der Waals surface area contributed by atoms with Gasteiger partial charge in [-0.15, -0.1) is 16.9 Å². The highest BCUT2D eigenvalue weighted by Gasteiger charge is 2.13. The Morgan fingerprint density at radius 2 is 2.00 bits per heavy atom. The lowest BCUT2D eigenvalue weighted by atomic mass is 10.1. The van der Waals surface area contributed by atoms with Crippen LogP contribution in [0.5, 0.6) is 0 Å². The number of aromatic nitrogens is 4. The Morgan fingerprint density at radius 1 is 1.21 bits per heavy atom. The molecule has 0 saturated carbocycles. The van der Waals surface area contributed by atoms with Gasteiger partial charge in [0.05, 0.1) is 17.1 Å². The van der Waals surface area contributed by atoms with Gasteiger partial charge in [-0.3, -0.25) is 4.79 Å². The number of benzene rings is 3. The average Bonchev–Trinajstić information content (AvgIpc) is 3.14. The third kappa shape index (κ3) is 4.08.